The van der Waals surface area contributed by atoms with Crippen molar-refractivity contribution in [2.24, 2.45) is 7.05 Å². The SMILES string of the molecule is Cn1c(-c2ccccn2)nn(CCNC(=O)CCS(=O)(=O)c2ccccc2)c1=O. The van der Waals surface area contributed by atoms with Gasteiger partial charge in [0.1, 0.15) is 5.69 Å². The minimum Gasteiger partial charge on any atom is -0.354 e. The first-order chi connectivity index (χ1) is 13.9. The molecular formula is C19H21N5O4S. The smallest absolute Gasteiger partial charge is 0.346 e. The van der Waals surface area contributed by atoms with E-state index in [1.165, 1.54) is 21.4 Å². The number of benzene rings is 1. The van der Waals surface area contributed by atoms with Crippen LogP contribution in [0.2, 0.25) is 0 Å². The zero-order valence-electron chi connectivity index (χ0n) is 15.9. The Morgan fingerprint density at radius 3 is 2.52 bits per heavy atom. The fourth-order valence-corrected chi connectivity index (χ4v) is 3.98. The molecule has 1 N–H and O–H groups in total. The Morgan fingerprint density at radius 2 is 1.83 bits per heavy atom. The summed E-state index contributed by atoms with van der Waals surface area (Å²) in [6.07, 6.45) is 1.45. The summed E-state index contributed by atoms with van der Waals surface area (Å²) in [7, 11) is -1.91. The molecule has 0 saturated heterocycles. The number of sulfone groups is 1. The molecule has 1 amide bonds. The van der Waals surface area contributed by atoms with Crippen LogP contribution in [-0.2, 0) is 28.2 Å². The maximum atomic E-state index is 12.3. The lowest BCUT2D eigenvalue weighted by molar-refractivity contribution is -0.120. The Bertz CT molecular complexity index is 1140. The average molecular weight is 415 g/mol. The molecule has 2 heterocycles. The molecule has 9 nitrogen and oxygen atoms in total. The molecule has 0 radical (unpaired) electrons. The molecule has 0 saturated carbocycles. The first-order valence-electron chi connectivity index (χ1n) is 8.98. The molecule has 0 aliphatic heterocycles. The molecule has 0 aliphatic carbocycles. The van der Waals surface area contributed by atoms with Crippen LogP contribution < -0.4 is 11.0 Å². The Hall–Kier alpha value is -3.27. The van der Waals surface area contributed by atoms with Gasteiger partial charge in [0.2, 0.25) is 5.91 Å². The highest BCUT2D eigenvalue weighted by Crippen LogP contribution is 2.11. The first-order valence-corrected chi connectivity index (χ1v) is 10.6. The van der Waals surface area contributed by atoms with Gasteiger partial charge in [0.25, 0.3) is 0 Å². The van der Waals surface area contributed by atoms with Crippen LogP contribution in [0.5, 0.6) is 0 Å². The molecule has 0 aliphatic rings. The number of nitrogens with zero attached hydrogens (tertiary/aromatic N) is 4. The van der Waals surface area contributed by atoms with E-state index in [0.29, 0.717) is 11.5 Å². The highest BCUT2D eigenvalue weighted by atomic mass is 32.2. The number of rotatable bonds is 8. The van der Waals surface area contributed by atoms with Crippen LogP contribution in [0, 0.1) is 0 Å². The van der Waals surface area contributed by atoms with Gasteiger partial charge in [-0.25, -0.2) is 17.9 Å². The van der Waals surface area contributed by atoms with Gasteiger partial charge >= 0.3 is 5.69 Å². The van der Waals surface area contributed by atoms with Gasteiger partial charge in [-0.3, -0.25) is 14.3 Å². The second-order valence-electron chi connectivity index (χ2n) is 6.34. The molecule has 29 heavy (non-hydrogen) atoms. The predicted octanol–water partition coefficient (Wildman–Crippen LogP) is 0.624. The second kappa shape index (κ2) is 8.82. The maximum absolute atomic E-state index is 12.3. The fraction of sp³-hybridized carbons (Fsp3) is 0.263. The zero-order valence-corrected chi connectivity index (χ0v) is 16.7. The Kier molecular flexibility index (Phi) is 6.23. The molecule has 0 fully saturated rings. The van der Waals surface area contributed by atoms with Gasteiger partial charge in [-0.1, -0.05) is 24.3 Å². The maximum Gasteiger partial charge on any atom is 0.346 e. The van der Waals surface area contributed by atoms with Crippen LogP contribution >= 0.6 is 0 Å². The molecule has 3 rings (SSSR count). The summed E-state index contributed by atoms with van der Waals surface area (Å²) in [5.41, 5.74) is 0.243. The number of carbonyl (C=O) groups is 1. The summed E-state index contributed by atoms with van der Waals surface area (Å²) < 4.78 is 27.0. The van der Waals surface area contributed by atoms with E-state index in [1.54, 1.807) is 49.6 Å². The van der Waals surface area contributed by atoms with Crippen molar-refractivity contribution in [3.8, 4) is 11.5 Å². The van der Waals surface area contributed by atoms with Crippen molar-refractivity contribution < 1.29 is 13.2 Å². The molecule has 1 aromatic carbocycles. The van der Waals surface area contributed by atoms with Crippen molar-refractivity contribution >= 4 is 15.7 Å². The average Bonchev–Trinajstić information content (AvgIpc) is 3.02. The van der Waals surface area contributed by atoms with Crippen molar-refractivity contribution in [2.45, 2.75) is 17.9 Å². The van der Waals surface area contributed by atoms with Crippen molar-refractivity contribution in [3.63, 3.8) is 0 Å². The summed E-state index contributed by atoms with van der Waals surface area (Å²) in [5.74, 6) is -0.259. The van der Waals surface area contributed by atoms with E-state index in [9.17, 15) is 18.0 Å². The van der Waals surface area contributed by atoms with Crippen molar-refractivity contribution in [3.05, 3.63) is 65.2 Å². The van der Waals surface area contributed by atoms with Crippen LogP contribution in [0.1, 0.15) is 6.42 Å². The van der Waals surface area contributed by atoms with Gasteiger partial charge in [0, 0.05) is 26.2 Å². The molecular weight excluding hydrogens is 394 g/mol. The summed E-state index contributed by atoms with van der Waals surface area (Å²) in [6, 6.07) is 13.3. The standard InChI is InChI=1S/C19H21N5O4S/c1-23-18(16-9-5-6-11-20-16)22-24(19(23)26)13-12-21-17(25)10-14-29(27,28)15-7-3-2-4-8-15/h2-9,11H,10,12-14H2,1H3,(H,21,25). The van der Waals surface area contributed by atoms with Gasteiger partial charge in [-0.2, -0.15) is 0 Å². The van der Waals surface area contributed by atoms with Crippen molar-refractivity contribution in [1.29, 1.82) is 0 Å². The van der Waals surface area contributed by atoms with Gasteiger partial charge < -0.3 is 5.32 Å². The second-order valence-corrected chi connectivity index (χ2v) is 8.44. The van der Waals surface area contributed by atoms with Crippen LogP contribution in [-0.4, -0.2) is 46.0 Å². The van der Waals surface area contributed by atoms with E-state index in [4.69, 9.17) is 0 Å². The van der Waals surface area contributed by atoms with Crippen LogP contribution in [0.3, 0.4) is 0 Å². The van der Waals surface area contributed by atoms with Crippen LogP contribution in [0.4, 0.5) is 0 Å². The topological polar surface area (TPSA) is 116 Å². The van der Waals surface area contributed by atoms with Gasteiger partial charge in [0.15, 0.2) is 15.7 Å². The third-order valence-electron chi connectivity index (χ3n) is 4.28. The molecule has 0 bridgehead atoms. The van der Waals surface area contributed by atoms with Gasteiger partial charge in [-0.05, 0) is 24.3 Å². The first kappa shape index (κ1) is 20.5. The number of pyridine rings is 1. The summed E-state index contributed by atoms with van der Waals surface area (Å²) in [4.78, 5) is 28.7. The molecule has 0 spiro atoms. The highest BCUT2D eigenvalue weighted by molar-refractivity contribution is 7.91. The summed E-state index contributed by atoms with van der Waals surface area (Å²) in [6.45, 7) is 0.319. The number of hydrogen-bond donors (Lipinski definition) is 1. The lowest BCUT2D eigenvalue weighted by Crippen LogP contribution is -2.32. The Morgan fingerprint density at radius 1 is 1.10 bits per heavy atom. The number of nitrogens with one attached hydrogen (secondary N) is 1. The van der Waals surface area contributed by atoms with E-state index in [0.717, 1.165) is 0 Å². The third-order valence-corrected chi connectivity index (χ3v) is 6.01. The van der Waals surface area contributed by atoms with E-state index >= 15 is 0 Å². The predicted molar refractivity (Wildman–Crippen MR) is 107 cm³/mol. The Labute approximate surface area is 167 Å². The minimum atomic E-state index is -3.51. The lowest BCUT2D eigenvalue weighted by atomic mass is 10.3. The van der Waals surface area contributed by atoms with Crippen LogP contribution in [0.25, 0.3) is 11.5 Å². The lowest BCUT2D eigenvalue weighted by Gasteiger charge is -2.06. The normalized spacial score (nSPS) is 11.3. The molecule has 3 aromatic rings. The van der Waals surface area contributed by atoms with Crippen molar-refractivity contribution in [1.82, 2.24) is 24.6 Å². The van der Waals surface area contributed by atoms with Gasteiger partial charge in [0.05, 0.1) is 17.2 Å². The zero-order chi connectivity index (χ0) is 20.9. The fourth-order valence-electron chi connectivity index (χ4n) is 2.71. The largest absolute Gasteiger partial charge is 0.354 e. The van der Waals surface area contributed by atoms with E-state index in [-0.39, 0.29) is 35.8 Å². The number of carbonyl (C=O) groups excluding carboxylic acids is 1. The quantitative estimate of drug-likeness (QED) is 0.577. The van der Waals surface area contributed by atoms with E-state index in [1.807, 2.05) is 0 Å². The molecule has 2 aromatic heterocycles. The number of amides is 1. The molecule has 0 atom stereocenters. The molecule has 10 heteroatoms. The van der Waals surface area contributed by atoms with Gasteiger partial charge in [-0.15, -0.1) is 5.10 Å². The summed E-state index contributed by atoms with van der Waals surface area (Å²) >= 11 is 0. The Balaban J connectivity index is 1.54. The van der Waals surface area contributed by atoms with Crippen LogP contribution in [0.15, 0.2) is 64.4 Å². The third kappa shape index (κ3) is 4.96. The van der Waals surface area contributed by atoms with Crippen molar-refractivity contribution in [2.75, 3.05) is 12.3 Å². The van der Waals surface area contributed by atoms with E-state index in [2.05, 4.69) is 15.4 Å². The highest BCUT2D eigenvalue weighted by Gasteiger charge is 2.16. The van der Waals surface area contributed by atoms with E-state index < -0.39 is 15.7 Å². The number of aromatic nitrogens is 4. The molecule has 152 valence electrons. The summed E-state index contributed by atoms with van der Waals surface area (Å²) in [5, 5.41) is 6.88. The minimum absolute atomic E-state index is 0.156. The number of hydrogen-bond acceptors (Lipinski definition) is 6. The molecule has 0 unspecified atom stereocenters. The monoisotopic (exact) mass is 415 g/mol.